The Hall–Kier alpha value is -7.41. The van der Waals surface area contributed by atoms with Crippen molar-refractivity contribution in [2.75, 3.05) is 0 Å². The summed E-state index contributed by atoms with van der Waals surface area (Å²) in [6, 6.07) is 72.6. The molecule has 3 heterocycles. The van der Waals surface area contributed by atoms with E-state index in [-0.39, 0.29) is 0 Å². The lowest BCUT2D eigenvalue weighted by Crippen LogP contribution is -2.06. The van der Waals surface area contributed by atoms with E-state index in [0.29, 0.717) is 17.6 Å². The summed E-state index contributed by atoms with van der Waals surface area (Å²) in [7, 11) is 0. The van der Waals surface area contributed by atoms with Crippen LogP contribution in [-0.4, -0.2) is 24.1 Å². The van der Waals surface area contributed by atoms with Crippen molar-refractivity contribution in [2.24, 2.45) is 0 Å². The van der Waals surface area contributed by atoms with E-state index in [2.05, 4.69) is 171 Å². The van der Waals surface area contributed by atoms with E-state index in [1.54, 1.807) is 0 Å². The van der Waals surface area contributed by atoms with Crippen molar-refractivity contribution >= 4 is 48.6 Å². The van der Waals surface area contributed by atoms with Gasteiger partial charge in [0.1, 0.15) is 0 Å². The third-order valence-electron chi connectivity index (χ3n) is 11.4. The number of fused-ring (bicyclic) bond motifs is 4. The summed E-state index contributed by atoms with van der Waals surface area (Å²) in [5, 5.41) is 3.47. The van der Waals surface area contributed by atoms with E-state index >= 15 is 0 Å². The van der Waals surface area contributed by atoms with Crippen LogP contribution < -0.4 is 0 Å². The highest BCUT2D eigenvalue weighted by atomic mass is 79.9. The lowest BCUT2D eigenvalue weighted by Gasteiger charge is -2.14. The molecule has 0 amide bonds. The van der Waals surface area contributed by atoms with E-state index in [4.69, 9.17) is 15.0 Å². The Bertz CT molecular complexity index is 3280. The first-order valence-corrected chi connectivity index (χ1v) is 20.9. The summed E-state index contributed by atoms with van der Waals surface area (Å²) in [6.45, 7) is 0.717. The molecule has 0 saturated carbocycles. The number of hydrogen-bond donors (Lipinski definition) is 0. The van der Waals surface area contributed by atoms with Crippen LogP contribution in [0.4, 0.5) is 0 Å². The second-order valence-electron chi connectivity index (χ2n) is 15.0. The summed E-state index contributed by atoms with van der Waals surface area (Å²) < 4.78 is 5.76. The molecule has 0 N–H and O–H groups in total. The number of rotatable bonds is 8. The fourth-order valence-electron chi connectivity index (χ4n) is 8.55. The van der Waals surface area contributed by atoms with E-state index < -0.39 is 0 Å². The Morgan fingerprint density at radius 3 is 1.52 bits per heavy atom. The molecule has 11 rings (SSSR count). The topological polar surface area (TPSA) is 48.5 Å². The summed E-state index contributed by atoms with van der Waals surface area (Å²) in [6.07, 6.45) is 0. The number of nitrogens with zero attached hydrogens (tertiary/aromatic N) is 5. The van der Waals surface area contributed by atoms with Crippen LogP contribution in [0.3, 0.4) is 0 Å². The summed E-state index contributed by atoms with van der Waals surface area (Å²) in [4.78, 5) is 15.2. The number of aromatic nitrogens is 5. The van der Waals surface area contributed by atoms with Crippen molar-refractivity contribution in [3.8, 4) is 62.2 Å². The Morgan fingerprint density at radius 2 is 0.883 bits per heavy atom. The third kappa shape index (κ3) is 6.29. The van der Waals surface area contributed by atoms with Gasteiger partial charge >= 0.3 is 0 Å². The van der Waals surface area contributed by atoms with Gasteiger partial charge in [0.25, 0.3) is 0 Å². The molecule has 0 unspecified atom stereocenters. The van der Waals surface area contributed by atoms with Gasteiger partial charge in [-0.3, -0.25) is 4.57 Å². The van der Waals surface area contributed by atoms with Crippen LogP contribution in [0.5, 0.6) is 0 Å². The average Bonchev–Trinajstić information content (AvgIpc) is 3.82. The molecular weight excluding hydrogens is 799 g/mol. The van der Waals surface area contributed by atoms with Crippen LogP contribution in [0, 0.1) is 0 Å². The van der Waals surface area contributed by atoms with Gasteiger partial charge in [-0.1, -0.05) is 186 Å². The van der Waals surface area contributed by atoms with Gasteiger partial charge in [0.2, 0.25) is 5.95 Å². The smallest absolute Gasteiger partial charge is 0.238 e. The molecule has 8 aromatic carbocycles. The minimum Gasteiger partial charge on any atom is -0.335 e. The highest BCUT2D eigenvalue weighted by Crippen LogP contribution is 2.44. The highest BCUT2D eigenvalue weighted by molar-refractivity contribution is 9.10. The number of benzene rings is 8. The lowest BCUT2D eigenvalue weighted by molar-refractivity contribution is 0.841. The van der Waals surface area contributed by atoms with Crippen LogP contribution in [0.15, 0.2) is 211 Å². The van der Waals surface area contributed by atoms with Crippen molar-refractivity contribution in [3.05, 3.63) is 216 Å². The average molecular weight is 835 g/mol. The molecule has 0 bridgehead atoms. The molecule has 3 aromatic heterocycles. The third-order valence-corrected chi connectivity index (χ3v) is 12.1. The van der Waals surface area contributed by atoms with E-state index in [1.807, 2.05) is 60.7 Å². The minimum atomic E-state index is 0.579. The molecule has 6 heteroatoms. The largest absolute Gasteiger partial charge is 0.335 e. The van der Waals surface area contributed by atoms with Crippen molar-refractivity contribution in [3.63, 3.8) is 0 Å². The Morgan fingerprint density at radius 1 is 0.383 bits per heavy atom. The molecule has 0 spiro atoms. The summed E-state index contributed by atoms with van der Waals surface area (Å²) in [5.41, 5.74) is 13.4. The summed E-state index contributed by atoms with van der Waals surface area (Å²) in [5.74, 6) is 1.84. The molecule has 0 radical (unpaired) electrons. The van der Waals surface area contributed by atoms with Gasteiger partial charge < -0.3 is 4.57 Å². The maximum atomic E-state index is 5.13. The van der Waals surface area contributed by atoms with Crippen molar-refractivity contribution in [1.29, 1.82) is 0 Å². The maximum Gasteiger partial charge on any atom is 0.238 e. The van der Waals surface area contributed by atoms with Gasteiger partial charge in [0.05, 0.1) is 16.7 Å². The van der Waals surface area contributed by atoms with Gasteiger partial charge in [0, 0.05) is 49.4 Å². The van der Waals surface area contributed by atoms with Crippen LogP contribution in [0.2, 0.25) is 0 Å². The molecule has 60 heavy (non-hydrogen) atoms. The first-order chi connectivity index (χ1) is 29.7. The fourth-order valence-corrected chi connectivity index (χ4v) is 8.96. The quantitative estimate of drug-likeness (QED) is 0.153. The molecular formula is C54H36BrN5. The number of para-hydroxylation sites is 1. The Balaban J connectivity index is 1.12. The molecule has 0 aliphatic rings. The van der Waals surface area contributed by atoms with Crippen LogP contribution in [0.1, 0.15) is 5.56 Å². The zero-order valence-electron chi connectivity index (χ0n) is 32.5. The number of halogens is 1. The van der Waals surface area contributed by atoms with Gasteiger partial charge in [-0.05, 0) is 64.2 Å². The predicted octanol–water partition coefficient (Wildman–Crippen LogP) is 14.1. The van der Waals surface area contributed by atoms with Crippen molar-refractivity contribution < 1.29 is 0 Å². The van der Waals surface area contributed by atoms with Crippen molar-refractivity contribution in [1.82, 2.24) is 24.1 Å². The molecule has 0 aliphatic heterocycles. The van der Waals surface area contributed by atoms with E-state index in [0.717, 1.165) is 55.1 Å². The number of hydrogen-bond acceptors (Lipinski definition) is 3. The monoisotopic (exact) mass is 833 g/mol. The van der Waals surface area contributed by atoms with Crippen LogP contribution in [0.25, 0.3) is 94.9 Å². The summed E-state index contributed by atoms with van der Waals surface area (Å²) >= 11 is 3.85. The Kier molecular flexibility index (Phi) is 8.98. The first kappa shape index (κ1) is 35.7. The zero-order chi connectivity index (χ0) is 40.0. The molecule has 0 fully saturated rings. The predicted molar refractivity (Wildman–Crippen MR) is 250 cm³/mol. The maximum absolute atomic E-state index is 5.13. The van der Waals surface area contributed by atoms with Crippen LogP contribution in [-0.2, 0) is 6.54 Å². The lowest BCUT2D eigenvalue weighted by atomic mass is 9.96. The molecule has 284 valence electrons. The second kappa shape index (κ2) is 15.1. The van der Waals surface area contributed by atoms with E-state index in [1.165, 1.54) is 38.9 Å². The first-order valence-electron chi connectivity index (χ1n) is 20.1. The van der Waals surface area contributed by atoms with Gasteiger partial charge in [-0.2, -0.15) is 9.97 Å². The van der Waals surface area contributed by atoms with E-state index in [9.17, 15) is 0 Å². The molecule has 0 atom stereocenters. The van der Waals surface area contributed by atoms with Gasteiger partial charge in [-0.25, -0.2) is 4.98 Å². The molecule has 11 aromatic rings. The zero-order valence-corrected chi connectivity index (χ0v) is 34.0. The van der Waals surface area contributed by atoms with Gasteiger partial charge in [0.15, 0.2) is 11.6 Å². The standard InChI is InChI=1S/C54H36BrN5/c55-46-27-15-13-25-42(46)35-59-47-31-29-41(34-45(47)50(36-17-5-1-6-18-36)51(59)37-19-7-2-8-20-37)40-30-32-49-44(33-40)43-26-14-16-28-48(43)60(49)54-57-52(38-21-9-3-10-22-38)56-53(58-54)39-23-11-4-12-24-39/h1-34H,35H2. The Labute approximate surface area is 356 Å². The van der Waals surface area contributed by atoms with Crippen molar-refractivity contribution in [2.45, 2.75) is 6.54 Å². The second-order valence-corrected chi connectivity index (χ2v) is 15.8. The highest BCUT2D eigenvalue weighted by Gasteiger charge is 2.23. The molecule has 5 nitrogen and oxygen atoms in total. The normalized spacial score (nSPS) is 11.5. The SMILES string of the molecule is Brc1ccccc1Cn1c(-c2ccccc2)c(-c2ccccc2)c2cc(-c3ccc4c(c3)c3ccccc3n4-c3nc(-c4ccccc4)nc(-c4ccccc4)n3)ccc21. The minimum absolute atomic E-state index is 0.579. The van der Waals surface area contributed by atoms with Gasteiger partial charge in [-0.15, -0.1) is 0 Å². The fraction of sp³-hybridized carbons (Fsp3) is 0.0185. The molecule has 0 aliphatic carbocycles. The molecule has 0 saturated heterocycles. The van der Waals surface area contributed by atoms with Crippen LogP contribution >= 0.6 is 15.9 Å².